The fourth-order valence-electron chi connectivity index (χ4n) is 1.01. The Labute approximate surface area is 97.7 Å². The van der Waals surface area contributed by atoms with Crippen molar-refractivity contribution < 1.29 is 4.79 Å². The molecule has 0 radical (unpaired) electrons. The number of carbonyl (C=O) groups excluding carboxylic acids is 1. The Morgan fingerprint density at radius 1 is 1.47 bits per heavy atom. The van der Waals surface area contributed by atoms with E-state index >= 15 is 0 Å². The highest BCUT2D eigenvalue weighted by atomic mass is 32.2. The van der Waals surface area contributed by atoms with Gasteiger partial charge in [0.1, 0.15) is 0 Å². The molecule has 1 saturated heterocycles. The van der Waals surface area contributed by atoms with Crippen molar-refractivity contribution >= 4 is 35.2 Å². The van der Waals surface area contributed by atoms with Gasteiger partial charge in [-0.3, -0.25) is 10.1 Å². The monoisotopic (exact) mass is 246 g/mol. The summed E-state index contributed by atoms with van der Waals surface area (Å²) in [5.74, 6) is 0. The van der Waals surface area contributed by atoms with Gasteiger partial charge in [0, 0.05) is 6.21 Å². The third-order valence-electron chi connectivity index (χ3n) is 1.52. The molecule has 2 rings (SSSR count). The van der Waals surface area contributed by atoms with Gasteiger partial charge in [0.25, 0.3) is 5.24 Å². The molecule has 1 fully saturated rings. The van der Waals surface area contributed by atoms with E-state index in [1.165, 1.54) is 23.7 Å². The second-order valence-electron chi connectivity index (χ2n) is 2.90. The van der Waals surface area contributed by atoms with Crippen LogP contribution >= 0.6 is 23.7 Å². The fraction of sp³-hybridized carbons (Fsp3) is 0.500. The molecule has 0 aliphatic carbocycles. The van der Waals surface area contributed by atoms with Crippen molar-refractivity contribution in [3.8, 4) is 0 Å². The first kappa shape index (κ1) is 12.4. The first-order valence-corrected chi connectivity index (χ1v) is 6.26. The highest BCUT2D eigenvalue weighted by molar-refractivity contribution is 8.14. The molecule has 0 aromatic carbocycles. The molecule has 2 atom stereocenters. The van der Waals surface area contributed by atoms with Crippen molar-refractivity contribution in [3.63, 3.8) is 0 Å². The molecule has 0 bridgehead atoms. The lowest BCUT2D eigenvalue weighted by Gasteiger charge is -2.25. The minimum Gasteiger partial charge on any atom is -0.332 e. The molecule has 7 heteroatoms. The highest BCUT2D eigenvalue weighted by Crippen LogP contribution is 2.12. The van der Waals surface area contributed by atoms with Gasteiger partial charge in [-0.1, -0.05) is 0 Å². The van der Waals surface area contributed by atoms with Crippen LogP contribution in [0.25, 0.3) is 0 Å². The molecule has 0 aromatic heterocycles. The summed E-state index contributed by atoms with van der Waals surface area (Å²) in [4.78, 5) is 13.4. The summed E-state index contributed by atoms with van der Waals surface area (Å²) in [6, 6.07) is 0. The van der Waals surface area contributed by atoms with Crippen LogP contribution in [0.1, 0.15) is 13.8 Å². The predicted octanol–water partition coefficient (Wildman–Crippen LogP) is 1.46. The lowest BCUT2D eigenvalue weighted by Crippen LogP contribution is -2.50. The standard InChI is InChI=1S/C5H10N2OS.C3H4N2S/c1-3-6-4(2)9-5(8)7-3;1-2-4-5-6-3-1/h3-4,6H,1-2H3,(H,7,8);1-3,5H. The van der Waals surface area contributed by atoms with Crippen LogP contribution in [0.2, 0.25) is 0 Å². The van der Waals surface area contributed by atoms with E-state index in [1.54, 1.807) is 6.21 Å². The Bertz CT molecular complexity index is 245. The second-order valence-corrected chi connectivity index (χ2v) is 4.90. The highest BCUT2D eigenvalue weighted by Gasteiger charge is 2.19. The molecule has 15 heavy (non-hydrogen) atoms. The second kappa shape index (κ2) is 6.76. The number of hydrogen-bond acceptors (Lipinski definition) is 6. The van der Waals surface area contributed by atoms with Gasteiger partial charge < -0.3 is 5.32 Å². The zero-order valence-corrected chi connectivity index (χ0v) is 10.2. The SMILES string of the molecule is C1=CSNN=C1.CC1NC(=O)SC(C)N1. The van der Waals surface area contributed by atoms with Gasteiger partial charge in [-0.15, -0.1) is 0 Å². The third-order valence-corrected chi connectivity index (χ3v) is 2.84. The number of carbonyl (C=O) groups is 1. The average molecular weight is 246 g/mol. The quantitative estimate of drug-likeness (QED) is 0.565. The molecule has 2 aliphatic rings. The molecule has 2 aliphatic heterocycles. The molecule has 3 N–H and O–H groups in total. The van der Waals surface area contributed by atoms with Crippen molar-refractivity contribution in [1.29, 1.82) is 0 Å². The predicted molar refractivity (Wildman–Crippen MR) is 66.5 cm³/mol. The number of nitrogens with one attached hydrogen (secondary N) is 3. The molecular weight excluding hydrogens is 232 g/mol. The summed E-state index contributed by atoms with van der Waals surface area (Å²) in [5, 5.41) is 11.8. The van der Waals surface area contributed by atoms with E-state index in [-0.39, 0.29) is 16.8 Å². The van der Waals surface area contributed by atoms with Crippen LogP contribution in [-0.4, -0.2) is 23.0 Å². The van der Waals surface area contributed by atoms with Gasteiger partial charge in [-0.25, -0.2) is 4.83 Å². The minimum atomic E-state index is 0.0637. The number of nitrogens with zero attached hydrogens (tertiary/aromatic N) is 1. The minimum absolute atomic E-state index is 0.0637. The lowest BCUT2D eigenvalue weighted by molar-refractivity contribution is 0.253. The molecule has 0 aromatic rings. The van der Waals surface area contributed by atoms with E-state index in [0.29, 0.717) is 0 Å². The summed E-state index contributed by atoms with van der Waals surface area (Å²) in [6.07, 6.45) is 3.70. The first-order valence-electron chi connectivity index (χ1n) is 4.50. The Hall–Kier alpha value is -0.660. The van der Waals surface area contributed by atoms with Gasteiger partial charge in [0.05, 0.1) is 11.5 Å². The van der Waals surface area contributed by atoms with Crippen molar-refractivity contribution in [2.45, 2.75) is 25.4 Å². The Morgan fingerprint density at radius 3 is 2.60 bits per heavy atom. The van der Waals surface area contributed by atoms with Crippen LogP contribution in [0.4, 0.5) is 4.79 Å². The van der Waals surface area contributed by atoms with Crippen LogP contribution in [0.15, 0.2) is 16.6 Å². The van der Waals surface area contributed by atoms with Crippen LogP contribution in [0, 0.1) is 0 Å². The van der Waals surface area contributed by atoms with E-state index in [9.17, 15) is 4.79 Å². The zero-order chi connectivity index (χ0) is 11.1. The molecule has 84 valence electrons. The molecule has 1 amide bonds. The molecule has 2 unspecified atom stereocenters. The smallest absolute Gasteiger partial charge is 0.281 e. The van der Waals surface area contributed by atoms with Crippen molar-refractivity contribution in [3.05, 3.63) is 11.5 Å². The molecule has 2 heterocycles. The lowest BCUT2D eigenvalue weighted by atomic mass is 10.5. The van der Waals surface area contributed by atoms with Gasteiger partial charge in [0.2, 0.25) is 0 Å². The van der Waals surface area contributed by atoms with Crippen molar-refractivity contribution in [2.24, 2.45) is 5.10 Å². The molecule has 0 saturated carbocycles. The fourth-order valence-corrected chi connectivity index (χ4v) is 2.18. The maximum Gasteiger partial charge on any atom is 0.281 e. The van der Waals surface area contributed by atoms with Crippen molar-refractivity contribution in [2.75, 3.05) is 0 Å². The number of thioether (sulfide) groups is 1. The maximum atomic E-state index is 10.7. The zero-order valence-electron chi connectivity index (χ0n) is 8.56. The first-order chi connectivity index (χ1) is 7.18. The Balaban J connectivity index is 0.000000162. The maximum absolute atomic E-state index is 10.7. The summed E-state index contributed by atoms with van der Waals surface area (Å²) in [5.41, 5.74) is 0. The van der Waals surface area contributed by atoms with Gasteiger partial charge in [0.15, 0.2) is 0 Å². The Kier molecular flexibility index (Phi) is 5.59. The van der Waals surface area contributed by atoms with E-state index in [0.717, 1.165) is 0 Å². The van der Waals surface area contributed by atoms with Gasteiger partial charge in [-0.2, -0.15) is 5.10 Å². The largest absolute Gasteiger partial charge is 0.332 e. The molecule has 5 nitrogen and oxygen atoms in total. The molecule has 0 spiro atoms. The van der Waals surface area contributed by atoms with Crippen LogP contribution in [-0.2, 0) is 0 Å². The van der Waals surface area contributed by atoms with Crippen LogP contribution < -0.4 is 15.5 Å². The van der Waals surface area contributed by atoms with E-state index < -0.39 is 0 Å². The number of amides is 1. The average Bonchev–Trinajstić information content (AvgIpc) is 2.19. The number of hydrazone groups is 1. The van der Waals surface area contributed by atoms with E-state index in [1.807, 2.05) is 25.3 Å². The summed E-state index contributed by atoms with van der Waals surface area (Å²) in [7, 11) is 0. The molecular formula is C8H14N4OS2. The van der Waals surface area contributed by atoms with E-state index in [4.69, 9.17) is 0 Å². The van der Waals surface area contributed by atoms with Crippen molar-refractivity contribution in [1.82, 2.24) is 15.5 Å². The number of allylic oxidation sites excluding steroid dienone is 1. The summed E-state index contributed by atoms with van der Waals surface area (Å²) in [6.45, 7) is 3.90. The van der Waals surface area contributed by atoms with E-state index in [2.05, 4.69) is 20.6 Å². The topological polar surface area (TPSA) is 65.5 Å². The van der Waals surface area contributed by atoms with Crippen LogP contribution in [0.5, 0.6) is 0 Å². The normalized spacial score (nSPS) is 28.5. The number of hydrogen-bond donors (Lipinski definition) is 3. The Morgan fingerprint density at radius 2 is 2.27 bits per heavy atom. The van der Waals surface area contributed by atoms with Crippen LogP contribution in [0.3, 0.4) is 0 Å². The van der Waals surface area contributed by atoms with Gasteiger partial charge >= 0.3 is 0 Å². The summed E-state index contributed by atoms with van der Waals surface area (Å²) < 4.78 is 0. The summed E-state index contributed by atoms with van der Waals surface area (Å²) >= 11 is 2.75. The third kappa shape index (κ3) is 5.71. The number of rotatable bonds is 0. The van der Waals surface area contributed by atoms with Gasteiger partial charge in [-0.05, 0) is 49.0 Å².